The van der Waals surface area contributed by atoms with Gasteiger partial charge in [0.2, 0.25) is 14.2 Å². The lowest BCUT2D eigenvalue weighted by Gasteiger charge is -2.48. The minimum absolute atomic E-state index is 0.0528. The highest BCUT2D eigenvalue weighted by Crippen LogP contribution is 2.47. The van der Waals surface area contributed by atoms with Crippen LogP contribution in [0.25, 0.3) is 0 Å². The number of rotatable bonds is 5. The van der Waals surface area contributed by atoms with Crippen LogP contribution in [0.4, 0.5) is 0 Å². The number of nitrogens with zero attached hydrogens (tertiary/aromatic N) is 1. The number of carbonyl (C=O) groups excluding carboxylic acids is 1. The maximum atomic E-state index is 12.5. The second-order valence-corrected chi connectivity index (χ2v) is 17.5. The predicted molar refractivity (Wildman–Crippen MR) is 137 cm³/mol. The Hall–Kier alpha value is -1.41. The van der Waals surface area contributed by atoms with Crippen molar-refractivity contribution in [2.24, 2.45) is 5.41 Å². The van der Waals surface area contributed by atoms with E-state index in [0.717, 1.165) is 55.8 Å². The first-order valence-electron chi connectivity index (χ1n) is 12.8. The monoisotopic (exact) mass is 488 g/mol. The first-order valence-corrected chi connectivity index (χ1v) is 15.7. The van der Waals surface area contributed by atoms with Crippen molar-refractivity contribution in [1.82, 2.24) is 10.2 Å². The predicted octanol–water partition coefficient (Wildman–Crippen LogP) is 4.82. The molecule has 1 aromatic carbocycles. The summed E-state index contributed by atoms with van der Waals surface area (Å²) in [5.74, 6) is 1.03. The molecule has 3 heterocycles. The molecule has 6 nitrogen and oxygen atoms in total. The Morgan fingerprint density at radius 2 is 1.79 bits per heavy atom. The van der Waals surface area contributed by atoms with Crippen molar-refractivity contribution in [1.29, 1.82) is 0 Å². The van der Waals surface area contributed by atoms with E-state index < -0.39 is 20.0 Å². The minimum Gasteiger partial charge on any atom is -0.543 e. The molecule has 0 radical (unpaired) electrons. The molecule has 2 saturated heterocycles. The SMILES string of the molecule is Cc1c2c(cc(O[Si](C)(C)C(C)(C)C)c1C(O)C(C)(C)N1CCC3(CCNC3=O)CC1)COC2. The van der Waals surface area contributed by atoms with Crippen molar-refractivity contribution in [3.05, 3.63) is 28.3 Å². The molecule has 1 aromatic rings. The number of hydrogen-bond acceptors (Lipinski definition) is 5. The van der Waals surface area contributed by atoms with Gasteiger partial charge in [0.05, 0.1) is 18.6 Å². The van der Waals surface area contributed by atoms with Crippen LogP contribution >= 0.6 is 0 Å². The third-order valence-corrected chi connectivity index (χ3v) is 13.7. The molecule has 3 aliphatic heterocycles. The van der Waals surface area contributed by atoms with Gasteiger partial charge in [0.1, 0.15) is 11.9 Å². The largest absolute Gasteiger partial charge is 0.543 e. The first-order chi connectivity index (χ1) is 15.7. The van der Waals surface area contributed by atoms with Crippen LogP contribution in [0, 0.1) is 12.3 Å². The van der Waals surface area contributed by atoms with Gasteiger partial charge in [-0.05, 0) is 94.0 Å². The lowest BCUT2D eigenvalue weighted by Crippen LogP contribution is -2.55. The second-order valence-electron chi connectivity index (χ2n) is 12.7. The first kappa shape index (κ1) is 25.7. The fourth-order valence-electron chi connectivity index (χ4n) is 5.59. The molecule has 7 heteroatoms. The summed E-state index contributed by atoms with van der Waals surface area (Å²) in [4.78, 5) is 14.8. The number of fused-ring (bicyclic) bond motifs is 1. The van der Waals surface area contributed by atoms with Crippen LogP contribution in [0.2, 0.25) is 18.1 Å². The molecule has 2 N–H and O–H groups in total. The van der Waals surface area contributed by atoms with Crippen molar-refractivity contribution < 1.29 is 19.1 Å². The van der Waals surface area contributed by atoms with Gasteiger partial charge in [0, 0.05) is 17.6 Å². The Bertz CT molecular complexity index is 958. The molecule has 4 rings (SSSR count). The highest BCUT2D eigenvalue weighted by atomic mass is 28.4. The van der Waals surface area contributed by atoms with Crippen LogP contribution in [-0.4, -0.2) is 49.4 Å². The molecule has 190 valence electrons. The lowest BCUT2D eigenvalue weighted by atomic mass is 9.75. The zero-order chi connectivity index (χ0) is 25.1. The third kappa shape index (κ3) is 4.23. The topological polar surface area (TPSA) is 71.0 Å². The van der Waals surface area contributed by atoms with Gasteiger partial charge >= 0.3 is 0 Å². The minimum atomic E-state index is -2.12. The maximum Gasteiger partial charge on any atom is 0.250 e. The molecule has 0 aliphatic carbocycles. The van der Waals surface area contributed by atoms with Crippen molar-refractivity contribution in [3.8, 4) is 5.75 Å². The van der Waals surface area contributed by atoms with E-state index in [9.17, 15) is 9.90 Å². The van der Waals surface area contributed by atoms with Gasteiger partial charge < -0.3 is 19.6 Å². The van der Waals surface area contributed by atoms with Gasteiger partial charge in [-0.3, -0.25) is 9.69 Å². The van der Waals surface area contributed by atoms with Crippen LogP contribution in [-0.2, 0) is 22.7 Å². The number of piperidine rings is 1. The number of hydrogen-bond donors (Lipinski definition) is 2. The summed E-state index contributed by atoms with van der Waals surface area (Å²) in [5, 5.41) is 15.1. The van der Waals surface area contributed by atoms with Gasteiger partial charge in [0.25, 0.3) is 0 Å². The van der Waals surface area contributed by atoms with Crippen LogP contribution in [0.15, 0.2) is 6.07 Å². The number of carbonyl (C=O) groups is 1. The Balaban J connectivity index is 1.66. The number of benzene rings is 1. The molecule has 1 atom stereocenters. The Morgan fingerprint density at radius 3 is 2.35 bits per heavy atom. The lowest BCUT2D eigenvalue weighted by molar-refractivity contribution is -0.132. The van der Waals surface area contributed by atoms with Gasteiger partial charge in [-0.2, -0.15) is 0 Å². The summed E-state index contributed by atoms with van der Waals surface area (Å²) in [5.41, 5.74) is 3.64. The number of aliphatic hydroxyl groups excluding tert-OH is 1. The fourth-order valence-corrected chi connectivity index (χ4v) is 6.61. The highest BCUT2D eigenvalue weighted by molar-refractivity contribution is 6.74. The smallest absolute Gasteiger partial charge is 0.250 e. The molecule has 0 bridgehead atoms. The van der Waals surface area contributed by atoms with Gasteiger partial charge in [0.15, 0.2) is 0 Å². The van der Waals surface area contributed by atoms with Gasteiger partial charge in [-0.1, -0.05) is 20.8 Å². The molecule has 3 aliphatic rings. The molecule has 34 heavy (non-hydrogen) atoms. The number of amides is 1. The molecule has 1 spiro atoms. The van der Waals surface area contributed by atoms with Crippen molar-refractivity contribution >= 4 is 14.2 Å². The summed E-state index contributed by atoms with van der Waals surface area (Å²) in [6.07, 6.45) is 1.90. The standard InChI is InChI=1S/C27H44N2O4Si/c1-18-20-17-32-16-19(20)15-21(33-34(7,8)25(2,3)4)22(18)23(30)26(5,6)29-13-10-27(11-14-29)9-12-28-24(27)31/h15,23,30H,9-14,16-17H2,1-8H3,(H,28,31). The summed E-state index contributed by atoms with van der Waals surface area (Å²) < 4.78 is 12.6. The van der Waals surface area contributed by atoms with Gasteiger partial charge in [-0.25, -0.2) is 0 Å². The van der Waals surface area contributed by atoms with Crippen LogP contribution in [0.1, 0.15) is 82.2 Å². The Labute approximate surface area is 206 Å². The average Bonchev–Trinajstić information content (AvgIpc) is 3.34. The number of likely N-dealkylation sites (tertiary alicyclic amines) is 1. The van der Waals surface area contributed by atoms with E-state index in [0.29, 0.717) is 13.2 Å². The van der Waals surface area contributed by atoms with Crippen LogP contribution < -0.4 is 9.74 Å². The quantitative estimate of drug-likeness (QED) is 0.581. The number of ether oxygens (including phenoxy) is 1. The van der Waals surface area contributed by atoms with E-state index in [1.807, 2.05) is 0 Å². The third-order valence-electron chi connectivity index (χ3n) is 9.34. The van der Waals surface area contributed by atoms with Crippen LogP contribution in [0.5, 0.6) is 5.75 Å². The van der Waals surface area contributed by atoms with Crippen molar-refractivity contribution in [2.45, 2.75) is 104 Å². The molecule has 0 saturated carbocycles. The van der Waals surface area contributed by atoms with Gasteiger partial charge in [-0.15, -0.1) is 0 Å². The normalized spacial score (nSPS) is 22.1. The highest BCUT2D eigenvalue weighted by Gasteiger charge is 2.48. The van der Waals surface area contributed by atoms with E-state index in [1.54, 1.807) is 0 Å². The molecule has 0 aromatic heterocycles. The van der Waals surface area contributed by atoms with Crippen molar-refractivity contribution in [3.63, 3.8) is 0 Å². The molecule has 1 unspecified atom stereocenters. The zero-order valence-electron chi connectivity index (χ0n) is 22.4. The van der Waals surface area contributed by atoms with E-state index in [4.69, 9.17) is 9.16 Å². The summed E-state index contributed by atoms with van der Waals surface area (Å²) in [6.45, 7) is 21.2. The molecule has 2 fully saturated rings. The maximum absolute atomic E-state index is 12.5. The van der Waals surface area contributed by atoms with E-state index >= 15 is 0 Å². The van der Waals surface area contributed by atoms with E-state index in [1.165, 1.54) is 11.1 Å². The van der Waals surface area contributed by atoms with E-state index in [-0.39, 0.29) is 16.4 Å². The summed E-state index contributed by atoms with van der Waals surface area (Å²) in [6, 6.07) is 2.12. The second kappa shape index (κ2) is 8.61. The fraction of sp³-hybridized carbons (Fsp3) is 0.741. The average molecular weight is 489 g/mol. The zero-order valence-corrected chi connectivity index (χ0v) is 23.4. The van der Waals surface area contributed by atoms with E-state index in [2.05, 4.69) is 70.9 Å². The number of aliphatic hydroxyl groups is 1. The van der Waals surface area contributed by atoms with Crippen molar-refractivity contribution in [2.75, 3.05) is 19.6 Å². The Kier molecular flexibility index (Phi) is 6.50. The molecular weight excluding hydrogens is 444 g/mol. The summed E-state index contributed by atoms with van der Waals surface area (Å²) >= 11 is 0. The molecule has 1 amide bonds. The molecular formula is C27H44N2O4Si. The number of nitrogens with one attached hydrogen (secondary N) is 1. The van der Waals surface area contributed by atoms with Crippen LogP contribution in [0.3, 0.4) is 0 Å². The Morgan fingerprint density at radius 1 is 1.15 bits per heavy atom. The summed E-state index contributed by atoms with van der Waals surface area (Å²) in [7, 11) is -2.12.